The molecule has 5 aromatic rings. The van der Waals surface area contributed by atoms with Gasteiger partial charge in [0.05, 0.1) is 16.1 Å². The number of rotatable bonds is 2. The highest BCUT2D eigenvalue weighted by Crippen LogP contribution is 2.40. The molecule has 5 rings (SSSR count). The summed E-state index contributed by atoms with van der Waals surface area (Å²) in [6, 6.07) is 18.0. The van der Waals surface area contributed by atoms with Gasteiger partial charge in [0.15, 0.2) is 0 Å². The topological polar surface area (TPSA) is 25.8 Å². The number of hydrogen-bond acceptors (Lipinski definition) is 3. The summed E-state index contributed by atoms with van der Waals surface area (Å²) in [4.78, 5) is 10.1. The first kappa shape index (κ1) is 22.0. The van der Waals surface area contributed by atoms with E-state index < -0.39 is 0 Å². The van der Waals surface area contributed by atoms with E-state index in [0.29, 0.717) is 0 Å². The largest absolute Gasteiger partial charge is 0.253 e. The third-order valence-corrected chi connectivity index (χ3v) is 7.30. The van der Waals surface area contributed by atoms with Gasteiger partial charge in [-0.1, -0.05) is 71.4 Å². The summed E-state index contributed by atoms with van der Waals surface area (Å²) in [6.07, 6.45) is 3.01. The van der Waals surface area contributed by atoms with Crippen molar-refractivity contribution in [2.75, 3.05) is 0 Å². The predicted molar refractivity (Wildman–Crippen MR) is 144 cm³/mol. The Morgan fingerprint density at radius 1 is 0.818 bits per heavy atom. The fourth-order valence-electron chi connectivity index (χ4n) is 4.71. The first-order chi connectivity index (χ1) is 15.5. The van der Waals surface area contributed by atoms with Gasteiger partial charge in [-0.15, -0.1) is 11.3 Å². The lowest BCUT2D eigenvalue weighted by Gasteiger charge is -2.21. The molecule has 168 valence electrons. The number of thiophene rings is 1. The Labute approximate surface area is 200 Å². The van der Waals surface area contributed by atoms with Crippen molar-refractivity contribution in [3.63, 3.8) is 0 Å². The molecule has 0 N–H and O–H groups in total. The molecule has 2 aromatic carbocycles. The summed E-state index contributed by atoms with van der Waals surface area (Å²) in [5.41, 5.74) is 5.95. The number of nitrogens with zero attached hydrogens (tertiary/aromatic N) is 2. The molecule has 0 saturated heterocycles. The zero-order valence-electron chi connectivity index (χ0n) is 20.7. The van der Waals surface area contributed by atoms with Gasteiger partial charge in [0.1, 0.15) is 5.69 Å². The Morgan fingerprint density at radius 3 is 2.33 bits per heavy atom. The molecule has 3 aromatic heterocycles. The van der Waals surface area contributed by atoms with Crippen molar-refractivity contribution < 1.29 is 0 Å². The van der Waals surface area contributed by atoms with Crippen LogP contribution >= 0.6 is 11.3 Å². The molecule has 0 aliphatic carbocycles. The van der Waals surface area contributed by atoms with E-state index in [9.17, 15) is 0 Å². The van der Waals surface area contributed by atoms with Crippen LogP contribution in [-0.4, -0.2) is 9.97 Å². The lowest BCUT2D eigenvalue weighted by atomic mass is 9.87. The molecule has 0 radical (unpaired) electrons. The molecule has 0 atom stereocenters. The number of aromatic nitrogens is 2. The smallest absolute Gasteiger partial charge is 0.106 e. The van der Waals surface area contributed by atoms with E-state index in [1.54, 1.807) is 0 Å². The molecule has 0 aliphatic rings. The fraction of sp³-hybridized carbons (Fsp3) is 0.333. The minimum atomic E-state index is -0.0576. The van der Waals surface area contributed by atoms with Crippen molar-refractivity contribution in [3.8, 4) is 11.4 Å². The van der Waals surface area contributed by atoms with Crippen molar-refractivity contribution in [3.05, 3.63) is 71.5 Å². The molecule has 2 nitrogen and oxygen atoms in total. The van der Waals surface area contributed by atoms with Crippen LogP contribution in [0.15, 0.2) is 54.7 Å². The summed E-state index contributed by atoms with van der Waals surface area (Å²) >= 11 is 1.84. The average Bonchev–Trinajstić information content (AvgIpc) is 3.08. The van der Waals surface area contributed by atoms with Crippen LogP contribution in [0.1, 0.15) is 58.4 Å². The van der Waals surface area contributed by atoms with Crippen LogP contribution in [0.5, 0.6) is 0 Å². The Bertz CT molecular complexity index is 1510. The second-order valence-corrected chi connectivity index (χ2v) is 12.6. The highest BCUT2D eigenvalue weighted by Gasteiger charge is 2.22. The Hall–Kier alpha value is -2.78. The van der Waals surface area contributed by atoms with Crippen molar-refractivity contribution in [1.82, 2.24) is 9.97 Å². The molecule has 0 bridgehead atoms. The van der Waals surface area contributed by atoms with Crippen molar-refractivity contribution in [2.45, 2.75) is 60.3 Å². The van der Waals surface area contributed by atoms with E-state index in [2.05, 4.69) is 97.0 Å². The van der Waals surface area contributed by atoms with Crippen molar-refractivity contribution >= 4 is 42.3 Å². The van der Waals surface area contributed by atoms with Crippen molar-refractivity contribution in [1.29, 1.82) is 0 Å². The summed E-state index contributed by atoms with van der Waals surface area (Å²) < 4.78 is 2.55. The molecule has 0 aliphatic heterocycles. The van der Waals surface area contributed by atoms with Gasteiger partial charge in [-0.25, -0.2) is 4.98 Å². The highest BCUT2D eigenvalue weighted by atomic mass is 32.1. The zero-order valence-corrected chi connectivity index (χ0v) is 21.5. The molecule has 33 heavy (non-hydrogen) atoms. The van der Waals surface area contributed by atoms with Gasteiger partial charge in [0, 0.05) is 32.5 Å². The molecule has 0 spiro atoms. The van der Waals surface area contributed by atoms with Crippen LogP contribution in [0.2, 0.25) is 0 Å². The van der Waals surface area contributed by atoms with Gasteiger partial charge in [-0.05, 0) is 54.0 Å². The van der Waals surface area contributed by atoms with Crippen LogP contribution in [-0.2, 0) is 11.8 Å². The van der Waals surface area contributed by atoms with Gasteiger partial charge in [-0.2, -0.15) is 0 Å². The zero-order chi connectivity index (χ0) is 23.5. The quantitative estimate of drug-likeness (QED) is 0.267. The maximum Gasteiger partial charge on any atom is 0.106 e. The van der Waals surface area contributed by atoms with Crippen LogP contribution in [0, 0.1) is 12.3 Å². The lowest BCUT2D eigenvalue weighted by Crippen LogP contribution is -2.15. The predicted octanol–water partition coefficient (Wildman–Crippen LogP) is 8.86. The average molecular weight is 453 g/mol. The third-order valence-electron chi connectivity index (χ3n) is 6.13. The highest BCUT2D eigenvalue weighted by molar-refractivity contribution is 7.26. The fourth-order valence-corrected chi connectivity index (χ4v) is 5.97. The first-order valence-electron chi connectivity index (χ1n) is 11.7. The minimum Gasteiger partial charge on any atom is -0.253 e. The van der Waals surface area contributed by atoms with E-state index in [1.807, 2.05) is 17.5 Å². The van der Waals surface area contributed by atoms with Gasteiger partial charge in [0.25, 0.3) is 0 Å². The van der Waals surface area contributed by atoms with E-state index in [4.69, 9.17) is 9.97 Å². The van der Waals surface area contributed by atoms with Gasteiger partial charge in [-0.3, -0.25) is 4.98 Å². The summed E-state index contributed by atoms with van der Waals surface area (Å²) in [6.45, 7) is 15.8. The minimum absolute atomic E-state index is 0.0576. The second-order valence-electron chi connectivity index (χ2n) is 11.5. The molecule has 0 fully saturated rings. The second kappa shape index (κ2) is 7.63. The maximum atomic E-state index is 5.21. The summed E-state index contributed by atoms with van der Waals surface area (Å²) in [5.74, 6) is 0. The molecule has 0 amide bonds. The number of hydrogen-bond donors (Lipinski definition) is 0. The van der Waals surface area contributed by atoms with E-state index in [-0.39, 0.29) is 10.8 Å². The van der Waals surface area contributed by atoms with E-state index in [1.165, 1.54) is 42.1 Å². The monoisotopic (exact) mass is 452 g/mol. The number of fused-ring (bicyclic) bond motifs is 4. The molecular formula is C30H32N2S. The Kier molecular flexibility index (Phi) is 5.10. The van der Waals surface area contributed by atoms with Crippen LogP contribution in [0.3, 0.4) is 0 Å². The molecular weight excluding hydrogens is 420 g/mol. The number of aryl methyl sites for hydroxylation is 1. The van der Waals surface area contributed by atoms with Gasteiger partial charge in [0.2, 0.25) is 0 Å². The summed E-state index contributed by atoms with van der Waals surface area (Å²) in [7, 11) is 0. The normalized spacial score (nSPS) is 12.8. The summed E-state index contributed by atoms with van der Waals surface area (Å²) in [5, 5.41) is 5.04. The number of benzene rings is 2. The van der Waals surface area contributed by atoms with Crippen LogP contribution < -0.4 is 0 Å². The van der Waals surface area contributed by atoms with Gasteiger partial charge < -0.3 is 0 Å². The number of pyridine rings is 2. The molecule has 3 heterocycles. The van der Waals surface area contributed by atoms with Crippen LogP contribution in [0.4, 0.5) is 0 Å². The lowest BCUT2D eigenvalue weighted by molar-refractivity contribution is 0.411. The Balaban J connectivity index is 1.74. The van der Waals surface area contributed by atoms with Gasteiger partial charge >= 0.3 is 0 Å². The first-order valence-corrected chi connectivity index (χ1v) is 12.5. The van der Waals surface area contributed by atoms with E-state index in [0.717, 1.165) is 23.5 Å². The molecule has 0 unspecified atom stereocenters. The van der Waals surface area contributed by atoms with Crippen molar-refractivity contribution in [2.24, 2.45) is 5.41 Å². The SMILES string of the molecule is Cc1ccc2cc(-c3nccc4c3sc3cc(CC(C)(C)C)ccc34)nc(C(C)(C)C)c2c1. The Morgan fingerprint density at radius 2 is 1.61 bits per heavy atom. The van der Waals surface area contributed by atoms with E-state index >= 15 is 0 Å². The maximum absolute atomic E-state index is 5.21. The van der Waals surface area contributed by atoms with Crippen LogP contribution in [0.25, 0.3) is 42.3 Å². The third kappa shape index (κ3) is 4.15. The molecule has 3 heteroatoms. The standard InChI is InChI=1S/C30H32N2S/c1-18-8-10-20-16-24(32-28(23(20)14-18)30(5,6)7)26-27-22(12-13-31-26)21-11-9-19(15-25(21)33-27)17-29(2,3)4/h8-16H,17H2,1-7H3. The molecule has 0 saturated carbocycles.